The molecule has 4 N–H and O–H groups in total. The zero-order valence-corrected chi connectivity index (χ0v) is 17.1. The van der Waals surface area contributed by atoms with Crippen molar-refractivity contribution in [2.24, 2.45) is 17.6 Å². The number of carbonyl (C=O) groups excluding carboxylic acids is 1. The van der Waals surface area contributed by atoms with Gasteiger partial charge in [0.2, 0.25) is 5.95 Å². The van der Waals surface area contributed by atoms with Gasteiger partial charge in [0.25, 0.3) is 5.91 Å². The number of hydrogen-bond donors (Lipinski definition) is 3. The lowest BCUT2D eigenvalue weighted by Gasteiger charge is -2.29. The van der Waals surface area contributed by atoms with Crippen molar-refractivity contribution >= 4 is 34.5 Å². The number of nitrogens with one attached hydrogen (secondary N) is 2. The second-order valence-corrected chi connectivity index (χ2v) is 8.63. The topological polar surface area (TPSA) is 87.0 Å². The second-order valence-electron chi connectivity index (χ2n) is 8.19. The number of likely N-dealkylation sites (tertiary alicyclic amines) is 1. The van der Waals surface area contributed by atoms with Crippen LogP contribution in [0.25, 0.3) is 11.0 Å². The molecule has 7 heteroatoms. The Labute approximate surface area is 170 Å². The summed E-state index contributed by atoms with van der Waals surface area (Å²) >= 11 is 6.03. The highest BCUT2D eigenvalue weighted by atomic mass is 35.5. The highest BCUT2D eigenvalue weighted by Crippen LogP contribution is 2.37. The molecule has 2 heterocycles. The van der Waals surface area contributed by atoms with Crippen LogP contribution in [0.5, 0.6) is 0 Å². The fraction of sp³-hybridized carbons (Fsp3) is 0.524. The van der Waals surface area contributed by atoms with Crippen LogP contribution in [0.4, 0.5) is 5.95 Å². The number of aromatic nitrogens is 2. The number of allylic oxidation sites excluding steroid dienone is 1. The van der Waals surface area contributed by atoms with Gasteiger partial charge in [-0.3, -0.25) is 10.1 Å². The average Bonchev–Trinajstić information content (AvgIpc) is 3.44. The number of hydrogen-bond acceptors (Lipinski definition) is 4. The van der Waals surface area contributed by atoms with E-state index in [4.69, 9.17) is 17.3 Å². The number of piperidine rings is 1. The van der Waals surface area contributed by atoms with E-state index in [0.717, 1.165) is 61.1 Å². The summed E-state index contributed by atoms with van der Waals surface area (Å²) in [6.45, 7) is 2.27. The minimum Gasteiger partial charge on any atom is -0.401 e. The zero-order chi connectivity index (χ0) is 19.7. The van der Waals surface area contributed by atoms with Gasteiger partial charge in [0, 0.05) is 16.3 Å². The molecule has 2 fully saturated rings. The van der Waals surface area contributed by atoms with Crippen molar-refractivity contribution < 1.29 is 4.79 Å². The lowest BCUT2D eigenvalue weighted by molar-refractivity contribution is -0.113. The van der Waals surface area contributed by atoms with E-state index in [1.807, 2.05) is 6.07 Å². The summed E-state index contributed by atoms with van der Waals surface area (Å²) in [4.78, 5) is 22.9. The van der Waals surface area contributed by atoms with Crippen molar-refractivity contribution in [1.82, 2.24) is 14.9 Å². The summed E-state index contributed by atoms with van der Waals surface area (Å²) in [6, 6.07) is 5.42. The number of fused-ring (bicyclic) bond motifs is 1. The molecule has 0 radical (unpaired) electrons. The van der Waals surface area contributed by atoms with Crippen LogP contribution in [-0.2, 0) is 4.79 Å². The van der Waals surface area contributed by atoms with Gasteiger partial charge >= 0.3 is 0 Å². The number of halogens is 1. The maximum absolute atomic E-state index is 13.0. The normalized spacial score (nSPS) is 19.6. The van der Waals surface area contributed by atoms with Crippen LogP contribution >= 0.6 is 11.6 Å². The Balaban J connectivity index is 1.46. The standard InChI is InChI=1S/C21H28ClN5O/c1-27-10-8-13(9-11-27)2-6-16(19(23)14-3-4-14)20(28)26-21-24-17-7-5-15(22)12-18(17)25-21/h5,7,12-14H,2-4,6,8-11,23H2,1H3,(H2,24,25,26,28)/b19-16-. The van der Waals surface area contributed by atoms with Crippen molar-refractivity contribution in [1.29, 1.82) is 0 Å². The van der Waals surface area contributed by atoms with Gasteiger partial charge in [0.05, 0.1) is 11.0 Å². The van der Waals surface area contributed by atoms with Crippen LogP contribution in [0.3, 0.4) is 0 Å². The fourth-order valence-corrected chi connectivity index (χ4v) is 4.13. The maximum atomic E-state index is 13.0. The molecule has 1 saturated carbocycles. The molecule has 1 aromatic heterocycles. The van der Waals surface area contributed by atoms with Crippen molar-refractivity contribution in [3.05, 3.63) is 34.5 Å². The van der Waals surface area contributed by atoms with E-state index in [1.165, 1.54) is 12.8 Å². The Bertz CT molecular complexity index is 893. The molecule has 0 bridgehead atoms. The number of nitrogens with two attached hydrogens (primary N) is 1. The number of imidazole rings is 1. The van der Waals surface area contributed by atoms with Crippen LogP contribution in [0, 0.1) is 11.8 Å². The van der Waals surface area contributed by atoms with Gasteiger partial charge in [0.15, 0.2) is 0 Å². The van der Waals surface area contributed by atoms with E-state index in [2.05, 4.69) is 27.2 Å². The molecule has 1 saturated heterocycles. The third-order valence-corrected chi connectivity index (χ3v) is 6.19. The number of carbonyl (C=O) groups is 1. The Hall–Kier alpha value is -2.05. The molecule has 1 aliphatic heterocycles. The molecule has 1 amide bonds. The molecule has 6 nitrogen and oxygen atoms in total. The molecular formula is C21H28ClN5O. The molecule has 150 valence electrons. The van der Waals surface area contributed by atoms with E-state index in [9.17, 15) is 4.79 Å². The van der Waals surface area contributed by atoms with Crippen LogP contribution < -0.4 is 11.1 Å². The average molecular weight is 402 g/mol. The van der Waals surface area contributed by atoms with Crippen molar-refractivity contribution in [2.75, 3.05) is 25.5 Å². The third-order valence-electron chi connectivity index (χ3n) is 5.96. The molecule has 4 rings (SSSR count). The summed E-state index contributed by atoms with van der Waals surface area (Å²) in [6.07, 6.45) is 6.30. The van der Waals surface area contributed by atoms with Gasteiger partial charge in [-0.2, -0.15) is 0 Å². The molecule has 0 spiro atoms. The highest BCUT2D eigenvalue weighted by molar-refractivity contribution is 6.31. The summed E-state index contributed by atoms with van der Waals surface area (Å²) in [5.74, 6) is 1.33. The van der Waals surface area contributed by atoms with Crippen LogP contribution in [0.2, 0.25) is 5.02 Å². The lowest BCUT2D eigenvalue weighted by Crippen LogP contribution is -2.30. The Morgan fingerprint density at radius 1 is 1.32 bits per heavy atom. The molecule has 1 aromatic carbocycles. The molecule has 0 atom stereocenters. The Morgan fingerprint density at radius 2 is 2.07 bits per heavy atom. The zero-order valence-electron chi connectivity index (χ0n) is 16.3. The Morgan fingerprint density at radius 3 is 2.79 bits per heavy atom. The van der Waals surface area contributed by atoms with E-state index in [-0.39, 0.29) is 5.91 Å². The van der Waals surface area contributed by atoms with Crippen LogP contribution in [0.15, 0.2) is 29.5 Å². The minimum atomic E-state index is -0.137. The Kier molecular flexibility index (Phi) is 5.60. The highest BCUT2D eigenvalue weighted by Gasteiger charge is 2.29. The van der Waals surface area contributed by atoms with E-state index in [1.54, 1.807) is 12.1 Å². The van der Waals surface area contributed by atoms with Gasteiger partial charge in [-0.15, -0.1) is 0 Å². The van der Waals surface area contributed by atoms with Gasteiger partial charge < -0.3 is 15.6 Å². The number of rotatable bonds is 6. The first kappa shape index (κ1) is 19.3. The predicted octanol–water partition coefficient (Wildman–Crippen LogP) is 3.90. The first-order valence-corrected chi connectivity index (χ1v) is 10.5. The second kappa shape index (κ2) is 8.13. The molecule has 1 aliphatic carbocycles. The van der Waals surface area contributed by atoms with Gasteiger partial charge in [-0.25, -0.2) is 4.98 Å². The number of aromatic amines is 1. The smallest absolute Gasteiger partial charge is 0.255 e. The van der Waals surface area contributed by atoms with Crippen LogP contribution in [0.1, 0.15) is 38.5 Å². The number of amides is 1. The summed E-state index contributed by atoms with van der Waals surface area (Å²) in [7, 11) is 2.17. The van der Waals surface area contributed by atoms with Crippen molar-refractivity contribution in [3.63, 3.8) is 0 Å². The largest absolute Gasteiger partial charge is 0.401 e. The van der Waals surface area contributed by atoms with Gasteiger partial charge in [-0.1, -0.05) is 11.6 Å². The number of anilines is 1. The van der Waals surface area contributed by atoms with Crippen molar-refractivity contribution in [3.8, 4) is 0 Å². The molecular weight excluding hydrogens is 374 g/mol. The molecule has 2 aliphatic rings. The predicted molar refractivity (Wildman–Crippen MR) is 113 cm³/mol. The SMILES string of the molecule is CN1CCC(CC/C(C(=O)Nc2nc3ccc(Cl)cc3[nH]2)=C(/N)C2CC2)CC1. The monoisotopic (exact) mass is 401 g/mol. The lowest BCUT2D eigenvalue weighted by atomic mass is 9.89. The third kappa shape index (κ3) is 4.50. The number of nitrogens with zero attached hydrogens (tertiary/aromatic N) is 2. The summed E-state index contributed by atoms with van der Waals surface area (Å²) in [5, 5.41) is 3.54. The van der Waals surface area contributed by atoms with E-state index in [0.29, 0.717) is 22.8 Å². The number of H-pyrrole nitrogens is 1. The summed E-state index contributed by atoms with van der Waals surface area (Å²) < 4.78 is 0. The minimum absolute atomic E-state index is 0.137. The van der Waals surface area contributed by atoms with E-state index >= 15 is 0 Å². The maximum Gasteiger partial charge on any atom is 0.255 e. The van der Waals surface area contributed by atoms with Crippen LogP contribution in [-0.4, -0.2) is 40.9 Å². The first-order valence-electron chi connectivity index (χ1n) is 10.1. The fourth-order valence-electron chi connectivity index (χ4n) is 3.95. The van der Waals surface area contributed by atoms with E-state index < -0.39 is 0 Å². The molecule has 2 aromatic rings. The van der Waals surface area contributed by atoms with Gasteiger partial charge in [0.1, 0.15) is 0 Å². The van der Waals surface area contributed by atoms with Gasteiger partial charge in [-0.05, 0) is 88.7 Å². The summed E-state index contributed by atoms with van der Waals surface area (Å²) in [5.41, 5.74) is 9.45. The quantitative estimate of drug-likeness (QED) is 0.640. The van der Waals surface area contributed by atoms with Crippen molar-refractivity contribution in [2.45, 2.75) is 38.5 Å². The first-order chi connectivity index (χ1) is 13.5. The molecule has 0 unspecified atom stereocenters. The molecule has 28 heavy (non-hydrogen) atoms. The number of benzene rings is 1.